The van der Waals surface area contributed by atoms with Crippen LogP contribution < -0.4 is 0 Å². The summed E-state index contributed by atoms with van der Waals surface area (Å²) < 4.78 is 0. The van der Waals surface area contributed by atoms with Gasteiger partial charge in [0.25, 0.3) is 0 Å². The fourth-order valence-electron chi connectivity index (χ4n) is 0.974. The SMILES string of the molecule is [CH2]CCCc1ccccc1.[NaH]. The third-order valence-electron chi connectivity index (χ3n) is 1.56. The van der Waals surface area contributed by atoms with Crippen LogP contribution >= 0.6 is 0 Å². The van der Waals surface area contributed by atoms with Crippen molar-refractivity contribution in [1.82, 2.24) is 0 Å². The Hall–Kier alpha value is 0.220. The molecule has 0 heterocycles. The molecule has 0 saturated heterocycles. The monoisotopic (exact) mass is 157 g/mol. The zero-order valence-electron chi connectivity index (χ0n) is 6.22. The molecule has 1 aromatic carbocycles. The maximum absolute atomic E-state index is 3.80. The number of aryl methyl sites for hydroxylation is 1. The molecule has 1 heteroatoms. The van der Waals surface area contributed by atoms with E-state index < -0.39 is 0 Å². The number of unbranched alkanes of at least 4 members (excludes halogenated alkanes) is 1. The van der Waals surface area contributed by atoms with Crippen molar-refractivity contribution in [3.8, 4) is 0 Å². The Balaban J connectivity index is 0.000001000. The number of hydrogen-bond donors (Lipinski definition) is 0. The molecule has 1 radical (unpaired) electrons. The van der Waals surface area contributed by atoms with Gasteiger partial charge in [-0.1, -0.05) is 43.7 Å². The molecule has 0 unspecified atom stereocenters. The molecular formula is C10H14Na. The minimum atomic E-state index is 0. The summed E-state index contributed by atoms with van der Waals surface area (Å²) in [6, 6.07) is 10.5. The van der Waals surface area contributed by atoms with Gasteiger partial charge >= 0.3 is 29.6 Å². The molecule has 0 atom stereocenters. The van der Waals surface area contributed by atoms with Gasteiger partial charge < -0.3 is 0 Å². The van der Waals surface area contributed by atoms with E-state index in [0.717, 1.165) is 6.42 Å². The van der Waals surface area contributed by atoms with Crippen molar-refractivity contribution in [1.29, 1.82) is 0 Å². The zero-order valence-corrected chi connectivity index (χ0v) is 6.22. The predicted octanol–water partition coefficient (Wildman–Crippen LogP) is 2.19. The third-order valence-corrected chi connectivity index (χ3v) is 1.56. The Labute approximate surface area is 91.3 Å². The molecule has 0 nitrogen and oxygen atoms in total. The van der Waals surface area contributed by atoms with Gasteiger partial charge in [0.05, 0.1) is 0 Å². The fraction of sp³-hybridized carbons (Fsp3) is 0.300. The molecule has 0 spiro atoms. The minimum absolute atomic E-state index is 0. The van der Waals surface area contributed by atoms with Gasteiger partial charge in [-0.05, 0) is 18.4 Å². The summed E-state index contributed by atoms with van der Waals surface area (Å²) in [5.74, 6) is 0. The molecule has 1 rings (SSSR count). The first-order valence-corrected chi connectivity index (χ1v) is 3.76. The topological polar surface area (TPSA) is 0 Å². The summed E-state index contributed by atoms with van der Waals surface area (Å²) in [6.07, 6.45) is 3.41. The summed E-state index contributed by atoms with van der Waals surface area (Å²) in [7, 11) is 0. The molecule has 1 aromatic rings. The Bertz CT molecular complexity index is 169. The van der Waals surface area contributed by atoms with Crippen LogP contribution in [0.1, 0.15) is 18.4 Å². The summed E-state index contributed by atoms with van der Waals surface area (Å²) >= 11 is 0. The second-order valence-electron chi connectivity index (χ2n) is 2.44. The van der Waals surface area contributed by atoms with Crippen LogP contribution in [-0.4, -0.2) is 29.6 Å². The van der Waals surface area contributed by atoms with E-state index in [1.807, 2.05) is 6.07 Å². The molecule has 0 N–H and O–H groups in total. The van der Waals surface area contributed by atoms with E-state index in [4.69, 9.17) is 0 Å². The normalized spacial score (nSPS) is 8.82. The molecule has 55 valence electrons. The number of hydrogen-bond acceptors (Lipinski definition) is 0. The molecule has 0 saturated carbocycles. The van der Waals surface area contributed by atoms with Gasteiger partial charge in [0.1, 0.15) is 0 Å². The van der Waals surface area contributed by atoms with Crippen LogP contribution in [0.5, 0.6) is 0 Å². The Morgan fingerprint density at radius 2 is 1.73 bits per heavy atom. The average molecular weight is 157 g/mol. The average Bonchev–Trinajstić information content (AvgIpc) is 2.03. The molecule has 0 bridgehead atoms. The zero-order chi connectivity index (χ0) is 7.23. The molecule has 0 aliphatic heterocycles. The van der Waals surface area contributed by atoms with Crippen LogP contribution in [0, 0.1) is 6.92 Å². The van der Waals surface area contributed by atoms with Gasteiger partial charge in [0, 0.05) is 0 Å². The standard InChI is InChI=1S/C10H13.Na.H/c1-2-3-7-10-8-5-4-6-9-10;;/h4-6,8-9H,1-3,7H2;;. The molecule has 0 aliphatic carbocycles. The van der Waals surface area contributed by atoms with Crippen molar-refractivity contribution in [2.45, 2.75) is 19.3 Å². The van der Waals surface area contributed by atoms with E-state index in [-0.39, 0.29) is 29.6 Å². The van der Waals surface area contributed by atoms with Crippen molar-refractivity contribution in [2.24, 2.45) is 0 Å². The molecule has 0 amide bonds. The van der Waals surface area contributed by atoms with Crippen molar-refractivity contribution in [3.63, 3.8) is 0 Å². The van der Waals surface area contributed by atoms with Crippen LogP contribution in [0.2, 0.25) is 0 Å². The predicted molar refractivity (Wildman–Crippen MR) is 51.9 cm³/mol. The van der Waals surface area contributed by atoms with Crippen molar-refractivity contribution < 1.29 is 0 Å². The van der Waals surface area contributed by atoms with E-state index in [9.17, 15) is 0 Å². The second-order valence-corrected chi connectivity index (χ2v) is 2.44. The third kappa shape index (κ3) is 4.62. The van der Waals surface area contributed by atoms with E-state index in [1.165, 1.54) is 18.4 Å². The summed E-state index contributed by atoms with van der Waals surface area (Å²) in [4.78, 5) is 0. The van der Waals surface area contributed by atoms with Crippen LogP contribution in [0.4, 0.5) is 0 Å². The Kier molecular flexibility index (Phi) is 7.04. The van der Waals surface area contributed by atoms with Gasteiger partial charge in [0.15, 0.2) is 0 Å². The van der Waals surface area contributed by atoms with E-state index >= 15 is 0 Å². The molecule has 0 aromatic heterocycles. The van der Waals surface area contributed by atoms with Crippen LogP contribution in [-0.2, 0) is 6.42 Å². The van der Waals surface area contributed by atoms with Gasteiger partial charge in [-0.3, -0.25) is 0 Å². The summed E-state index contributed by atoms with van der Waals surface area (Å²) in [6.45, 7) is 3.80. The van der Waals surface area contributed by atoms with Gasteiger partial charge in [-0.2, -0.15) is 0 Å². The Morgan fingerprint density at radius 3 is 2.27 bits per heavy atom. The van der Waals surface area contributed by atoms with E-state index in [0.29, 0.717) is 0 Å². The van der Waals surface area contributed by atoms with Gasteiger partial charge in [-0.25, -0.2) is 0 Å². The van der Waals surface area contributed by atoms with Crippen LogP contribution in [0.3, 0.4) is 0 Å². The summed E-state index contributed by atoms with van der Waals surface area (Å²) in [5, 5.41) is 0. The second kappa shape index (κ2) is 6.90. The first-order valence-electron chi connectivity index (χ1n) is 3.76. The van der Waals surface area contributed by atoms with Crippen LogP contribution in [0.15, 0.2) is 30.3 Å². The van der Waals surface area contributed by atoms with Crippen LogP contribution in [0.25, 0.3) is 0 Å². The first kappa shape index (κ1) is 11.2. The first-order chi connectivity index (χ1) is 4.93. The van der Waals surface area contributed by atoms with Crippen molar-refractivity contribution in [2.75, 3.05) is 0 Å². The molecule has 0 aliphatic rings. The fourth-order valence-corrected chi connectivity index (χ4v) is 0.974. The van der Waals surface area contributed by atoms with Crippen molar-refractivity contribution >= 4 is 29.6 Å². The molecule has 11 heavy (non-hydrogen) atoms. The number of rotatable bonds is 3. The van der Waals surface area contributed by atoms with E-state index in [2.05, 4.69) is 31.2 Å². The molecular weight excluding hydrogens is 143 g/mol. The van der Waals surface area contributed by atoms with Gasteiger partial charge in [0.2, 0.25) is 0 Å². The Morgan fingerprint density at radius 1 is 1.09 bits per heavy atom. The van der Waals surface area contributed by atoms with Gasteiger partial charge in [-0.15, -0.1) is 0 Å². The maximum atomic E-state index is 3.80. The quantitative estimate of drug-likeness (QED) is 0.590. The van der Waals surface area contributed by atoms with E-state index in [1.54, 1.807) is 0 Å². The number of benzene rings is 1. The molecule has 0 fully saturated rings. The summed E-state index contributed by atoms with van der Waals surface area (Å²) in [5.41, 5.74) is 1.42. The van der Waals surface area contributed by atoms with Crippen molar-refractivity contribution in [3.05, 3.63) is 42.8 Å².